The molecule has 7 heavy (non-hydrogen) atoms. The molecule has 0 aromatic carbocycles. The van der Waals surface area contributed by atoms with Gasteiger partial charge in [-0.25, -0.2) is 0 Å². The van der Waals surface area contributed by atoms with E-state index in [4.69, 9.17) is 19.1 Å². The van der Waals surface area contributed by atoms with Crippen LogP contribution >= 0.6 is 19.1 Å². The Bertz CT molecular complexity index is 47.7. The van der Waals surface area contributed by atoms with Crippen molar-refractivity contribution in [2.45, 2.75) is 23.6 Å². The summed E-state index contributed by atoms with van der Waals surface area (Å²) >= 11 is -1.81. The molecule has 0 N–H and O–H groups in total. The third-order valence-corrected chi connectivity index (χ3v) is 7.87. The third kappa shape index (κ3) is 3.79. The summed E-state index contributed by atoms with van der Waals surface area (Å²) in [5, 5.41) is 0. The summed E-state index contributed by atoms with van der Waals surface area (Å²) in [5.74, 6) is 0. The molecule has 0 radical (unpaired) electrons. The first-order chi connectivity index (χ1) is 3.12. The van der Waals surface area contributed by atoms with Gasteiger partial charge in [-0.1, -0.05) is 0 Å². The van der Waals surface area contributed by atoms with Crippen LogP contribution in [0.2, 0.25) is 9.79 Å². The zero-order valence-corrected chi connectivity index (χ0v) is 7.55. The molecule has 0 aromatic rings. The van der Waals surface area contributed by atoms with Crippen LogP contribution in [0, 0.1) is 0 Å². The molecule has 0 saturated heterocycles. The first kappa shape index (κ1) is 8.24. The van der Waals surface area contributed by atoms with Crippen LogP contribution in [0.4, 0.5) is 0 Å². The van der Waals surface area contributed by atoms with Gasteiger partial charge in [-0.2, -0.15) is 0 Å². The molecule has 0 nitrogen and oxygen atoms in total. The van der Waals surface area contributed by atoms with E-state index in [-0.39, 0.29) is 0 Å². The van der Waals surface area contributed by atoms with Crippen molar-refractivity contribution in [3.05, 3.63) is 0 Å². The van der Waals surface area contributed by atoms with Gasteiger partial charge in [0.25, 0.3) is 0 Å². The second-order valence-electron chi connectivity index (χ2n) is 0.989. The van der Waals surface area contributed by atoms with Crippen molar-refractivity contribution >= 4 is 19.1 Å². The molecule has 0 aliphatic carbocycles. The van der Waals surface area contributed by atoms with E-state index in [0.717, 1.165) is 9.79 Å². The predicted octanol–water partition coefficient (Wildman–Crippen LogP) is 3.32. The van der Waals surface area contributed by atoms with Gasteiger partial charge in [-0.3, -0.25) is 0 Å². The first-order valence-electron chi connectivity index (χ1n) is 2.10. The maximum atomic E-state index is 5.82. The van der Waals surface area contributed by atoms with Gasteiger partial charge < -0.3 is 0 Å². The first-order valence-corrected chi connectivity index (χ1v) is 8.30. The molecule has 0 aliphatic rings. The van der Waals surface area contributed by atoms with Crippen LogP contribution in [0.5, 0.6) is 0 Å². The van der Waals surface area contributed by atoms with E-state index in [1.807, 2.05) is 13.8 Å². The third-order valence-electron chi connectivity index (χ3n) is 0.654. The molecule has 50 valence electrons. The SMILES string of the molecule is C[CH2][Pd]([Cl])([Cl])[CH2]C. The summed E-state index contributed by atoms with van der Waals surface area (Å²) in [4.78, 5) is 1.95. The van der Waals surface area contributed by atoms with E-state index < -0.39 is 13.5 Å². The van der Waals surface area contributed by atoms with Crippen molar-refractivity contribution in [3.8, 4) is 0 Å². The van der Waals surface area contributed by atoms with E-state index in [2.05, 4.69) is 0 Å². The summed E-state index contributed by atoms with van der Waals surface area (Å²) in [6, 6.07) is 0. The van der Waals surface area contributed by atoms with Crippen molar-refractivity contribution in [3.63, 3.8) is 0 Å². The van der Waals surface area contributed by atoms with Crippen LogP contribution in [-0.2, 0) is 13.5 Å². The Hall–Kier alpha value is 1.24. The summed E-state index contributed by atoms with van der Waals surface area (Å²) in [6.45, 7) is 4.08. The average Bonchev–Trinajstić information content (AvgIpc) is 1.68. The Morgan fingerprint density at radius 1 is 1.14 bits per heavy atom. The van der Waals surface area contributed by atoms with Gasteiger partial charge in [0, 0.05) is 0 Å². The number of hydrogen-bond acceptors (Lipinski definition) is 0. The van der Waals surface area contributed by atoms with Crippen LogP contribution in [-0.4, -0.2) is 0 Å². The average molecular weight is 235 g/mol. The zero-order valence-electron chi connectivity index (χ0n) is 4.49. The quantitative estimate of drug-likeness (QED) is 0.644. The molecule has 0 bridgehead atoms. The van der Waals surface area contributed by atoms with E-state index in [0.29, 0.717) is 0 Å². The molecular formula is C4H10Cl2Pd. The second-order valence-corrected chi connectivity index (χ2v) is 12.0. The molecule has 0 rings (SSSR count). The fourth-order valence-electron chi connectivity index (χ4n) is 0.158. The van der Waals surface area contributed by atoms with Crippen molar-refractivity contribution in [1.82, 2.24) is 0 Å². The monoisotopic (exact) mass is 234 g/mol. The minimum atomic E-state index is -1.81. The number of halogens is 2. The zero-order chi connectivity index (χ0) is 5.91. The molecule has 0 aliphatic heterocycles. The fourth-order valence-corrected chi connectivity index (χ4v) is 0.935. The van der Waals surface area contributed by atoms with Crippen molar-refractivity contribution in [2.75, 3.05) is 0 Å². The molecule has 0 atom stereocenters. The number of rotatable bonds is 2. The van der Waals surface area contributed by atoms with Crippen LogP contribution in [0.15, 0.2) is 0 Å². The Labute approximate surface area is 56.2 Å². The topological polar surface area (TPSA) is 0 Å². The number of hydrogen-bond donors (Lipinski definition) is 0. The van der Waals surface area contributed by atoms with Crippen molar-refractivity contribution in [1.29, 1.82) is 0 Å². The van der Waals surface area contributed by atoms with Gasteiger partial charge in [-0.05, 0) is 0 Å². The normalized spacial score (nSPS) is 14.3. The summed E-state index contributed by atoms with van der Waals surface area (Å²) in [6.07, 6.45) is 0. The van der Waals surface area contributed by atoms with Gasteiger partial charge in [0.1, 0.15) is 0 Å². The van der Waals surface area contributed by atoms with Gasteiger partial charge in [0.15, 0.2) is 0 Å². The summed E-state index contributed by atoms with van der Waals surface area (Å²) in [5.41, 5.74) is 0. The molecule has 0 fully saturated rings. The summed E-state index contributed by atoms with van der Waals surface area (Å²) < 4.78 is 0. The van der Waals surface area contributed by atoms with Crippen LogP contribution in [0.25, 0.3) is 0 Å². The molecule has 3 heteroatoms. The molecule has 0 amide bonds. The molecule has 0 unspecified atom stereocenters. The summed E-state index contributed by atoms with van der Waals surface area (Å²) in [7, 11) is 11.6. The Balaban J connectivity index is 3.36. The minimum absolute atomic E-state index is 0.976. The maximum absolute atomic E-state index is 5.82. The van der Waals surface area contributed by atoms with Crippen molar-refractivity contribution < 1.29 is 13.5 Å². The van der Waals surface area contributed by atoms with Crippen molar-refractivity contribution in [2.24, 2.45) is 0 Å². The molecule has 0 heterocycles. The fraction of sp³-hybridized carbons (Fsp3) is 1.00. The Kier molecular flexibility index (Phi) is 3.89. The molecular weight excluding hydrogens is 225 g/mol. The molecule has 0 saturated carbocycles. The van der Waals surface area contributed by atoms with E-state index in [1.165, 1.54) is 0 Å². The predicted molar refractivity (Wildman–Crippen MR) is 32.7 cm³/mol. The Morgan fingerprint density at radius 2 is 1.43 bits per heavy atom. The van der Waals surface area contributed by atoms with Gasteiger partial charge >= 0.3 is 56.2 Å². The van der Waals surface area contributed by atoms with Crippen LogP contribution in [0.3, 0.4) is 0 Å². The Morgan fingerprint density at radius 3 is 1.43 bits per heavy atom. The van der Waals surface area contributed by atoms with E-state index >= 15 is 0 Å². The van der Waals surface area contributed by atoms with Gasteiger partial charge in [0.2, 0.25) is 0 Å². The van der Waals surface area contributed by atoms with Crippen LogP contribution in [0.1, 0.15) is 13.8 Å². The van der Waals surface area contributed by atoms with E-state index in [9.17, 15) is 0 Å². The standard InChI is InChI=1S/2C2H5.2ClH.Pd/c2*1-2;;;/h2*1H2,2H3;2*1H;/q;;;;+2/p-2. The van der Waals surface area contributed by atoms with Gasteiger partial charge in [0.05, 0.1) is 0 Å². The van der Waals surface area contributed by atoms with E-state index in [1.54, 1.807) is 0 Å². The van der Waals surface area contributed by atoms with Gasteiger partial charge in [-0.15, -0.1) is 0 Å². The molecule has 0 aromatic heterocycles. The molecule has 0 spiro atoms. The second kappa shape index (κ2) is 3.30. The van der Waals surface area contributed by atoms with Crippen LogP contribution < -0.4 is 0 Å².